The smallest absolute Gasteiger partial charge is 0.219 e. The minimum atomic E-state index is 0.133. The molecule has 0 radical (unpaired) electrons. The van der Waals surface area contributed by atoms with Gasteiger partial charge in [0.05, 0.1) is 0 Å². The van der Waals surface area contributed by atoms with Crippen LogP contribution in [0, 0.1) is 0 Å². The maximum absolute atomic E-state index is 11.2. The Bertz CT molecular complexity index is 429. The zero-order valence-electron chi connectivity index (χ0n) is 11.2. The zero-order valence-corrected chi connectivity index (χ0v) is 11.2. The Morgan fingerprint density at radius 3 is 2.83 bits per heavy atom. The van der Waals surface area contributed by atoms with Crippen LogP contribution in [0.2, 0.25) is 0 Å². The van der Waals surface area contributed by atoms with Crippen molar-refractivity contribution in [3.05, 3.63) is 18.1 Å². The van der Waals surface area contributed by atoms with Crippen LogP contribution in [0.25, 0.3) is 0 Å². The number of aromatic nitrogens is 2. The highest BCUT2D eigenvalue weighted by molar-refractivity contribution is 5.73. The number of anilines is 1. The standard InChI is InChI=1S/C13H20N4O/c1-4-10-7-13(15-8-14-10)16-11-5-12(6-11)17(3)9(2)18/h7-8,11-12H,4-6H2,1-3H3,(H,14,15,16)/t11-,12-. The van der Waals surface area contributed by atoms with E-state index in [4.69, 9.17) is 0 Å². The molecular weight excluding hydrogens is 228 g/mol. The van der Waals surface area contributed by atoms with Crippen molar-refractivity contribution < 1.29 is 4.79 Å². The van der Waals surface area contributed by atoms with Gasteiger partial charge in [-0.05, 0) is 19.3 Å². The lowest BCUT2D eigenvalue weighted by molar-refractivity contribution is -0.131. The Kier molecular flexibility index (Phi) is 3.79. The molecule has 1 aromatic heterocycles. The number of nitrogens with one attached hydrogen (secondary N) is 1. The Balaban J connectivity index is 1.84. The van der Waals surface area contributed by atoms with Crippen molar-refractivity contribution in [3.63, 3.8) is 0 Å². The summed E-state index contributed by atoms with van der Waals surface area (Å²) in [6.45, 7) is 3.69. The summed E-state index contributed by atoms with van der Waals surface area (Å²) < 4.78 is 0. The highest BCUT2D eigenvalue weighted by atomic mass is 16.2. The highest BCUT2D eigenvalue weighted by Crippen LogP contribution is 2.27. The monoisotopic (exact) mass is 248 g/mol. The lowest BCUT2D eigenvalue weighted by Gasteiger charge is -2.41. The van der Waals surface area contributed by atoms with E-state index in [0.717, 1.165) is 30.8 Å². The topological polar surface area (TPSA) is 58.1 Å². The van der Waals surface area contributed by atoms with E-state index in [9.17, 15) is 4.79 Å². The maximum Gasteiger partial charge on any atom is 0.219 e. The number of carbonyl (C=O) groups is 1. The molecule has 0 aromatic carbocycles. The van der Waals surface area contributed by atoms with Crippen molar-refractivity contribution in [1.82, 2.24) is 14.9 Å². The first-order valence-corrected chi connectivity index (χ1v) is 6.41. The summed E-state index contributed by atoms with van der Waals surface area (Å²) in [6.07, 6.45) is 4.49. The predicted molar refractivity (Wildman–Crippen MR) is 70.3 cm³/mol. The molecule has 1 aromatic rings. The van der Waals surface area contributed by atoms with Crippen LogP contribution in [0.3, 0.4) is 0 Å². The normalized spacial score (nSPS) is 22.2. The summed E-state index contributed by atoms with van der Waals surface area (Å²) >= 11 is 0. The molecule has 2 rings (SSSR count). The fourth-order valence-corrected chi connectivity index (χ4v) is 2.16. The van der Waals surface area contributed by atoms with Gasteiger partial charge in [-0.3, -0.25) is 4.79 Å². The average molecular weight is 248 g/mol. The third kappa shape index (κ3) is 2.78. The summed E-state index contributed by atoms with van der Waals surface area (Å²) in [4.78, 5) is 21.4. The molecule has 1 amide bonds. The highest BCUT2D eigenvalue weighted by Gasteiger charge is 2.33. The third-order valence-corrected chi connectivity index (χ3v) is 3.60. The van der Waals surface area contributed by atoms with E-state index in [-0.39, 0.29) is 5.91 Å². The number of hydrogen-bond acceptors (Lipinski definition) is 4. The first-order valence-electron chi connectivity index (χ1n) is 6.41. The summed E-state index contributed by atoms with van der Waals surface area (Å²) in [5.41, 5.74) is 1.05. The van der Waals surface area contributed by atoms with Crippen LogP contribution in [0.4, 0.5) is 5.82 Å². The zero-order chi connectivity index (χ0) is 13.1. The summed E-state index contributed by atoms with van der Waals surface area (Å²) in [5, 5.41) is 3.39. The van der Waals surface area contributed by atoms with E-state index in [0.29, 0.717) is 12.1 Å². The van der Waals surface area contributed by atoms with Crippen LogP contribution in [-0.4, -0.2) is 39.9 Å². The maximum atomic E-state index is 11.2. The van der Waals surface area contributed by atoms with Gasteiger partial charge in [-0.2, -0.15) is 0 Å². The molecule has 1 heterocycles. The van der Waals surface area contributed by atoms with Crippen molar-refractivity contribution in [1.29, 1.82) is 0 Å². The first kappa shape index (κ1) is 12.8. The average Bonchev–Trinajstić information content (AvgIpc) is 2.32. The lowest BCUT2D eigenvalue weighted by atomic mass is 9.85. The Labute approximate surface area is 108 Å². The molecule has 0 spiro atoms. The largest absolute Gasteiger partial charge is 0.367 e. The van der Waals surface area contributed by atoms with Crippen molar-refractivity contribution in [2.24, 2.45) is 0 Å². The Hall–Kier alpha value is -1.65. The molecule has 1 aliphatic rings. The number of nitrogens with zero attached hydrogens (tertiary/aromatic N) is 3. The molecule has 0 atom stereocenters. The van der Waals surface area contributed by atoms with Crippen LogP contribution in [0.15, 0.2) is 12.4 Å². The van der Waals surface area contributed by atoms with Crippen LogP contribution < -0.4 is 5.32 Å². The van der Waals surface area contributed by atoms with Gasteiger partial charge in [-0.1, -0.05) is 6.92 Å². The molecule has 1 aliphatic carbocycles. The van der Waals surface area contributed by atoms with E-state index >= 15 is 0 Å². The molecule has 0 saturated heterocycles. The second-order valence-electron chi connectivity index (χ2n) is 4.84. The van der Waals surface area contributed by atoms with E-state index in [1.54, 1.807) is 13.3 Å². The molecular formula is C13H20N4O. The van der Waals surface area contributed by atoms with Gasteiger partial charge in [0, 0.05) is 37.8 Å². The van der Waals surface area contributed by atoms with Gasteiger partial charge in [-0.15, -0.1) is 0 Å². The number of carbonyl (C=O) groups excluding carboxylic acids is 1. The van der Waals surface area contributed by atoms with Gasteiger partial charge in [0.2, 0.25) is 5.91 Å². The quantitative estimate of drug-likeness (QED) is 0.876. The fourth-order valence-electron chi connectivity index (χ4n) is 2.16. The molecule has 0 bridgehead atoms. The van der Waals surface area contributed by atoms with Gasteiger partial charge in [0.15, 0.2) is 0 Å². The van der Waals surface area contributed by atoms with E-state index in [1.165, 1.54) is 0 Å². The molecule has 5 heteroatoms. The number of rotatable bonds is 4. The molecule has 1 fully saturated rings. The Morgan fingerprint density at radius 1 is 1.50 bits per heavy atom. The van der Waals surface area contributed by atoms with E-state index in [2.05, 4.69) is 22.2 Å². The number of hydrogen-bond donors (Lipinski definition) is 1. The molecule has 5 nitrogen and oxygen atoms in total. The molecule has 98 valence electrons. The minimum absolute atomic E-state index is 0.133. The van der Waals surface area contributed by atoms with Crippen LogP contribution >= 0.6 is 0 Å². The predicted octanol–water partition coefficient (Wildman–Crippen LogP) is 1.46. The SMILES string of the molecule is CCc1cc(N[C@H]2C[C@H](N(C)C(C)=O)C2)ncn1. The molecule has 1 N–H and O–H groups in total. The van der Waals surface area contributed by atoms with Crippen molar-refractivity contribution in [2.75, 3.05) is 12.4 Å². The molecule has 0 aliphatic heterocycles. The fraction of sp³-hybridized carbons (Fsp3) is 0.615. The van der Waals surface area contributed by atoms with Crippen LogP contribution in [0.5, 0.6) is 0 Å². The first-order chi connectivity index (χ1) is 8.60. The summed E-state index contributed by atoms with van der Waals surface area (Å²) in [5.74, 6) is 1.02. The van der Waals surface area contributed by atoms with Crippen LogP contribution in [-0.2, 0) is 11.2 Å². The van der Waals surface area contributed by atoms with Crippen molar-refractivity contribution in [2.45, 2.75) is 45.2 Å². The Morgan fingerprint density at radius 2 is 2.22 bits per heavy atom. The van der Waals surface area contributed by atoms with Gasteiger partial charge in [0.1, 0.15) is 12.1 Å². The van der Waals surface area contributed by atoms with Crippen molar-refractivity contribution >= 4 is 11.7 Å². The van der Waals surface area contributed by atoms with Gasteiger partial charge in [0.25, 0.3) is 0 Å². The van der Waals surface area contributed by atoms with E-state index < -0.39 is 0 Å². The molecule has 1 saturated carbocycles. The number of aryl methyl sites for hydroxylation is 1. The second-order valence-corrected chi connectivity index (χ2v) is 4.84. The number of amides is 1. The lowest BCUT2D eigenvalue weighted by Crippen LogP contribution is -2.50. The molecule has 18 heavy (non-hydrogen) atoms. The van der Waals surface area contributed by atoms with Gasteiger partial charge >= 0.3 is 0 Å². The van der Waals surface area contributed by atoms with Gasteiger partial charge < -0.3 is 10.2 Å². The molecule has 0 unspecified atom stereocenters. The second kappa shape index (κ2) is 5.33. The van der Waals surface area contributed by atoms with Crippen LogP contribution in [0.1, 0.15) is 32.4 Å². The summed E-state index contributed by atoms with van der Waals surface area (Å²) in [7, 11) is 1.86. The summed E-state index contributed by atoms with van der Waals surface area (Å²) in [6, 6.07) is 2.77. The third-order valence-electron chi connectivity index (χ3n) is 3.60. The van der Waals surface area contributed by atoms with Gasteiger partial charge in [-0.25, -0.2) is 9.97 Å². The van der Waals surface area contributed by atoms with E-state index in [1.807, 2.05) is 18.0 Å². The van der Waals surface area contributed by atoms with Crippen molar-refractivity contribution in [3.8, 4) is 0 Å². The minimum Gasteiger partial charge on any atom is -0.367 e.